The van der Waals surface area contributed by atoms with Crippen molar-refractivity contribution in [1.82, 2.24) is 0 Å². The summed E-state index contributed by atoms with van der Waals surface area (Å²) in [6.07, 6.45) is 4.19. The molecule has 0 spiro atoms. The third-order valence-corrected chi connectivity index (χ3v) is 8.52. The Morgan fingerprint density at radius 2 is 1.71 bits per heavy atom. The molecule has 4 fully saturated rings. The molecule has 6 nitrogen and oxygen atoms in total. The molecule has 31 heavy (non-hydrogen) atoms. The van der Waals surface area contributed by atoms with Gasteiger partial charge in [0.1, 0.15) is 5.60 Å². The smallest absolute Gasteiger partial charge is 0.311 e. The Bertz CT molecular complexity index is 682. The van der Waals surface area contributed by atoms with Crippen LogP contribution in [0.1, 0.15) is 66.7 Å². The topological polar surface area (TPSA) is 82.1 Å². The fourth-order valence-electron chi connectivity index (χ4n) is 7.31. The Labute approximate surface area is 186 Å². The van der Waals surface area contributed by atoms with Gasteiger partial charge in [-0.05, 0) is 88.4 Å². The van der Waals surface area contributed by atoms with Gasteiger partial charge < -0.3 is 19.3 Å². The molecule has 0 aromatic heterocycles. The second-order valence-electron chi connectivity index (χ2n) is 11.5. The SMILES string of the molecule is CC1C2CC(CC2C(=O)OC(C)(C)C)C1C1C(C)C2CC(C(=O)OCCCCO)C1O2. The van der Waals surface area contributed by atoms with Crippen LogP contribution in [0.5, 0.6) is 0 Å². The number of aliphatic hydroxyl groups excluding tert-OH is 1. The van der Waals surface area contributed by atoms with Crippen molar-refractivity contribution < 1.29 is 28.9 Å². The van der Waals surface area contributed by atoms with E-state index in [1.807, 2.05) is 20.8 Å². The minimum absolute atomic E-state index is 0.0116. The van der Waals surface area contributed by atoms with Crippen molar-refractivity contribution in [3.05, 3.63) is 0 Å². The van der Waals surface area contributed by atoms with Gasteiger partial charge >= 0.3 is 11.9 Å². The third-order valence-electron chi connectivity index (χ3n) is 8.52. The Hall–Kier alpha value is -1.14. The van der Waals surface area contributed by atoms with Gasteiger partial charge in [-0.3, -0.25) is 9.59 Å². The highest BCUT2D eigenvalue weighted by atomic mass is 16.6. The molecule has 2 saturated heterocycles. The standard InChI is InChI=1S/C25H40O6/c1-13-16-10-15(11-17(16)24(28)31-25(3,4)5)20(13)21-14(2)19-12-18(22(21)30-19)23(27)29-9-7-6-8-26/h13-22,26H,6-12H2,1-5H3. The number of esters is 2. The predicted molar refractivity (Wildman–Crippen MR) is 115 cm³/mol. The normalized spacial score (nSPS) is 43.4. The van der Waals surface area contributed by atoms with Crippen molar-refractivity contribution >= 4 is 11.9 Å². The Morgan fingerprint density at radius 1 is 0.968 bits per heavy atom. The molecule has 1 N–H and O–H groups in total. The van der Waals surface area contributed by atoms with E-state index in [2.05, 4.69) is 13.8 Å². The molecule has 2 saturated carbocycles. The maximum absolute atomic E-state index is 12.8. The summed E-state index contributed by atoms with van der Waals surface area (Å²) in [4.78, 5) is 25.5. The van der Waals surface area contributed by atoms with Crippen LogP contribution in [0.4, 0.5) is 0 Å². The minimum Gasteiger partial charge on any atom is -0.465 e. The molecule has 2 aliphatic carbocycles. The quantitative estimate of drug-likeness (QED) is 0.485. The van der Waals surface area contributed by atoms with Gasteiger partial charge in [0.15, 0.2) is 0 Å². The van der Waals surface area contributed by atoms with E-state index in [0.717, 1.165) is 19.3 Å². The van der Waals surface area contributed by atoms with Gasteiger partial charge in [-0.15, -0.1) is 0 Å². The van der Waals surface area contributed by atoms with E-state index in [1.54, 1.807) is 0 Å². The Morgan fingerprint density at radius 3 is 2.32 bits per heavy atom. The zero-order valence-electron chi connectivity index (χ0n) is 19.7. The monoisotopic (exact) mass is 436 g/mol. The van der Waals surface area contributed by atoms with Crippen molar-refractivity contribution in [3.8, 4) is 0 Å². The largest absolute Gasteiger partial charge is 0.465 e. The van der Waals surface area contributed by atoms with E-state index in [9.17, 15) is 9.59 Å². The molecule has 2 aliphatic heterocycles. The summed E-state index contributed by atoms with van der Waals surface area (Å²) in [5, 5.41) is 8.91. The van der Waals surface area contributed by atoms with Gasteiger partial charge in [-0.2, -0.15) is 0 Å². The van der Waals surface area contributed by atoms with Crippen LogP contribution >= 0.6 is 0 Å². The first-order valence-electron chi connectivity index (χ1n) is 12.3. The minimum atomic E-state index is -0.445. The molecule has 4 bridgehead atoms. The highest BCUT2D eigenvalue weighted by molar-refractivity contribution is 5.74. The van der Waals surface area contributed by atoms with Gasteiger partial charge in [0, 0.05) is 6.61 Å². The maximum Gasteiger partial charge on any atom is 0.311 e. The van der Waals surface area contributed by atoms with E-state index in [1.165, 1.54) is 0 Å². The highest BCUT2D eigenvalue weighted by Gasteiger charge is 2.63. The number of carbonyl (C=O) groups excluding carboxylic acids is 2. The lowest BCUT2D eigenvalue weighted by Gasteiger charge is -2.42. The van der Waals surface area contributed by atoms with Crippen LogP contribution in [0.3, 0.4) is 0 Å². The number of carbonyl (C=O) groups is 2. The Balaban J connectivity index is 1.41. The predicted octanol–water partition coefficient (Wildman–Crippen LogP) is 3.59. The van der Waals surface area contributed by atoms with Crippen molar-refractivity contribution in [2.45, 2.75) is 84.5 Å². The average Bonchev–Trinajstić information content (AvgIpc) is 3.43. The third kappa shape index (κ3) is 4.27. The van der Waals surface area contributed by atoms with Gasteiger partial charge in [0.25, 0.3) is 0 Å². The summed E-state index contributed by atoms with van der Waals surface area (Å²) in [7, 11) is 0. The zero-order valence-corrected chi connectivity index (χ0v) is 19.7. The second kappa shape index (κ2) is 8.66. The number of unbranched alkanes of at least 4 members (excludes halogenated alkanes) is 1. The van der Waals surface area contributed by atoms with Gasteiger partial charge in [0.2, 0.25) is 0 Å². The van der Waals surface area contributed by atoms with Crippen molar-refractivity contribution in [1.29, 1.82) is 0 Å². The number of rotatable bonds is 7. The number of aliphatic hydroxyl groups is 1. The molecule has 6 heteroatoms. The second-order valence-corrected chi connectivity index (χ2v) is 11.5. The Kier molecular flexibility index (Phi) is 6.43. The van der Waals surface area contributed by atoms with Crippen LogP contribution in [0.15, 0.2) is 0 Å². The molecular weight excluding hydrogens is 396 g/mol. The summed E-state index contributed by atoms with van der Waals surface area (Å²) in [5.41, 5.74) is -0.445. The van der Waals surface area contributed by atoms with E-state index in [0.29, 0.717) is 55.0 Å². The molecule has 176 valence electrons. The van der Waals surface area contributed by atoms with Gasteiger partial charge in [-0.1, -0.05) is 13.8 Å². The van der Waals surface area contributed by atoms with Gasteiger partial charge in [0.05, 0.1) is 30.7 Å². The summed E-state index contributed by atoms with van der Waals surface area (Å²) in [6.45, 7) is 10.9. The van der Waals surface area contributed by atoms with E-state index in [4.69, 9.17) is 19.3 Å². The first-order valence-corrected chi connectivity index (χ1v) is 12.3. The molecule has 4 aliphatic rings. The lowest BCUT2D eigenvalue weighted by atomic mass is 9.61. The first-order chi connectivity index (χ1) is 14.6. The zero-order chi connectivity index (χ0) is 22.5. The van der Waals surface area contributed by atoms with Crippen molar-refractivity contribution in [2.24, 2.45) is 47.3 Å². The number of ether oxygens (including phenoxy) is 3. The van der Waals surface area contributed by atoms with Crippen LogP contribution in [-0.2, 0) is 23.8 Å². The fourth-order valence-corrected chi connectivity index (χ4v) is 7.31. The number of hydrogen-bond donors (Lipinski definition) is 1. The molecule has 4 rings (SSSR count). The number of hydrogen-bond acceptors (Lipinski definition) is 6. The van der Waals surface area contributed by atoms with E-state index < -0.39 is 5.60 Å². The summed E-state index contributed by atoms with van der Waals surface area (Å²) in [5.74, 6) is 2.29. The van der Waals surface area contributed by atoms with Crippen molar-refractivity contribution in [3.63, 3.8) is 0 Å². The first kappa shape index (κ1) is 23.0. The summed E-state index contributed by atoms with van der Waals surface area (Å²) in [6, 6.07) is 0. The highest BCUT2D eigenvalue weighted by Crippen LogP contribution is 2.63. The molecule has 0 aromatic carbocycles. The molecule has 0 aromatic rings. The van der Waals surface area contributed by atoms with E-state index in [-0.39, 0.29) is 42.6 Å². The molecule has 2 heterocycles. The average molecular weight is 437 g/mol. The molecule has 0 amide bonds. The molecule has 0 radical (unpaired) electrons. The fraction of sp³-hybridized carbons (Fsp3) is 0.920. The van der Waals surface area contributed by atoms with Crippen LogP contribution in [0.2, 0.25) is 0 Å². The molecule has 10 unspecified atom stereocenters. The van der Waals surface area contributed by atoms with Crippen LogP contribution in [0.25, 0.3) is 0 Å². The van der Waals surface area contributed by atoms with Gasteiger partial charge in [-0.25, -0.2) is 0 Å². The molecular formula is C25H40O6. The van der Waals surface area contributed by atoms with Crippen LogP contribution in [0, 0.1) is 47.3 Å². The van der Waals surface area contributed by atoms with Crippen molar-refractivity contribution in [2.75, 3.05) is 13.2 Å². The van der Waals surface area contributed by atoms with E-state index >= 15 is 0 Å². The maximum atomic E-state index is 12.8. The number of fused-ring (bicyclic) bond motifs is 4. The molecule has 10 atom stereocenters. The van der Waals surface area contributed by atoms with Crippen LogP contribution in [-0.4, -0.2) is 48.1 Å². The lowest BCUT2D eigenvalue weighted by Crippen LogP contribution is -2.45. The van der Waals surface area contributed by atoms with Crippen LogP contribution < -0.4 is 0 Å². The summed E-state index contributed by atoms with van der Waals surface area (Å²) >= 11 is 0. The lowest BCUT2D eigenvalue weighted by molar-refractivity contribution is -0.163. The summed E-state index contributed by atoms with van der Waals surface area (Å²) < 4.78 is 17.6.